The monoisotopic (exact) mass is 211 g/mol. The first-order valence-corrected chi connectivity index (χ1v) is 4.39. The molecular formula is C10H13NO4. The Hall–Kier alpha value is -1.75. The van der Waals surface area contributed by atoms with Gasteiger partial charge in [0, 0.05) is 12.0 Å². The number of para-hydroxylation sites is 1. The van der Waals surface area contributed by atoms with Crippen LogP contribution in [-0.4, -0.2) is 29.3 Å². The second-order valence-corrected chi connectivity index (χ2v) is 3.12. The van der Waals surface area contributed by atoms with Crippen LogP contribution in [0.25, 0.3) is 0 Å². The highest BCUT2D eigenvalue weighted by atomic mass is 16.5. The zero-order chi connectivity index (χ0) is 11.4. The largest absolute Gasteiger partial charge is 0.504 e. The average Bonchev–Trinajstić information content (AvgIpc) is 2.18. The minimum atomic E-state index is -1.08. The van der Waals surface area contributed by atoms with Crippen LogP contribution in [0.4, 0.5) is 0 Å². The number of nitrogens with two attached hydrogens (primary N) is 1. The normalized spacial score (nSPS) is 12.1. The second kappa shape index (κ2) is 4.65. The van der Waals surface area contributed by atoms with Crippen molar-refractivity contribution in [3.8, 4) is 11.5 Å². The molecule has 0 radical (unpaired) electrons. The van der Waals surface area contributed by atoms with Gasteiger partial charge in [0.1, 0.15) is 6.04 Å². The van der Waals surface area contributed by atoms with Crippen LogP contribution < -0.4 is 10.5 Å². The first-order chi connectivity index (χ1) is 7.06. The molecule has 82 valence electrons. The Balaban J connectivity index is 2.94. The van der Waals surface area contributed by atoms with E-state index in [1.165, 1.54) is 13.2 Å². The summed E-state index contributed by atoms with van der Waals surface area (Å²) in [6.07, 6.45) is 0.118. The van der Waals surface area contributed by atoms with E-state index in [0.29, 0.717) is 5.56 Å². The lowest BCUT2D eigenvalue weighted by Crippen LogP contribution is -2.32. The number of phenolic OH excluding ortho intramolecular Hbond substituents is 1. The molecule has 0 aromatic heterocycles. The summed E-state index contributed by atoms with van der Waals surface area (Å²) in [7, 11) is 1.41. The van der Waals surface area contributed by atoms with E-state index in [0.717, 1.165) is 0 Å². The molecule has 1 rings (SSSR count). The molecule has 4 N–H and O–H groups in total. The molecule has 1 aromatic carbocycles. The average molecular weight is 211 g/mol. The van der Waals surface area contributed by atoms with Crippen molar-refractivity contribution >= 4 is 5.97 Å². The summed E-state index contributed by atoms with van der Waals surface area (Å²) in [5, 5.41) is 18.1. The molecule has 1 unspecified atom stereocenters. The molecule has 15 heavy (non-hydrogen) atoms. The van der Waals surface area contributed by atoms with Crippen molar-refractivity contribution in [1.82, 2.24) is 0 Å². The van der Waals surface area contributed by atoms with Gasteiger partial charge >= 0.3 is 5.97 Å². The first-order valence-electron chi connectivity index (χ1n) is 4.39. The van der Waals surface area contributed by atoms with Crippen LogP contribution in [0, 0.1) is 0 Å². The summed E-state index contributed by atoms with van der Waals surface area (Å²) < 4.78 is 4.96. The number of rotatable bonds is 4. The van der Waals surface area contributed by atoms with Crippen LogP contribution in [0.2, 0.25) is 0 Å². The fraction of sp³-hybridized carbons (Fsp3) is 0.300. The molecule has 0 bridgehead atoms. The maximum absolute atomic E-state index is 10.6. The number of hydrogen-bond donors (Lipinski definition) is 3. The van der Waals surface area contributed by atoms with Gasteiger partial charge in [0.25, 0.3) is 0 Å². The number of carbonyl (C=O) groups is 1. The fourth-order valence-corrected chi connectivity index (χ4v) is 1.29. The number of phenols is 1. The molecular weight excluding hydrogens is 198 g/mol. The minimum Gasteiger partial charge on any atom is -0.504 e. The van der Waals surface area contributed by atoms with Crippen LogP contribution in [0.3, 0.4) is 0 Å². The maximum Gasteiger partial charge on any atom is 0.320 e. The van der Waals surface area contributed by atoms with E-state index in [9.17, 15) is 9.90 Å². The third-order valence-corrected chi connectivity index (χ3v) is 2.04. The summed E-state index contributed by atoms with van der Waals surface area (Å²) in [4.78, 5) is 10.6. The van der Waals surface area contributed by atoms with Crippen LogP contribution in [0.5, 0.6) is 11.5 Å². The third kappa shape index (κ3) is 2.60. The van der Waals surface area contributed by atoms with Crippen molar-refractivity contribution < 1.29 is 19.7 Å². The number of carboxylic acid groups (broad SMARTS) is 1. The Labute approximate surface area is 87.1 Å². The molecule has 0 aliphatic heterocycles. The maximum atomic E-state index is 10.6. The molecule has 0 fully saturated rings. The predicted octanol–water partition coefficient (Wildman–Crippen LogP) is 0.355. The van der Waals surface area contributed by atoms with E-state index in [1.54, 1.807) is 12.1 Å². The summed E-state index contributed by atoms with van der Waals surface area (Å²) in [5.74, 6) is -0.831. The Bertz CT molecular complexity index is 364. The number of hydrogen-bond acceptors (Lipinski definition) is 4. The number of ether oxygens (including phenoxy) is 1. The minimum absolute atomic E-state index is 0.0208. The van der Waals surface area contributed by atoms with Gasteiger partial charge in [-0.15, -0.1) is 0 Å². The highest BCUT2D eigenvalue weighted by Crippen LogP contribution is 2.30. The van der Waals surface area contributed by atoms with E-state index in [4.69, 9.17) is 15.6 Å². The Kier molecular flexibility index (Phi) is 3.51. The molecule has 5 heteroatoms. The van der Waals surface area contributed by atoms with E-state index < -0.39 is 12.0 Å². The van der Waals surface area contributed by atoms with Crippen molar-refractivity contribution in [1.29, 1.82) is 0 Å². The van der Waals surface area contributed by atoms with Crippen molar-refractivity contribution in [3.63, 3.8) is 0 Å². The molecule has 0 heterocycles. The van der Waals surface area contributed by atoms with E-state index in [-0.39, 0.29) is 17.9 Å². The third-order valence-electron chi connectivity index (χ3n) is 2.04. The fourth-order valence-electron chi connectivity index (χ4n) is 1.29. The topological polar surface area (TPSA) is 92.8 Å². The van der Waals surface area contributed by atoms with Crippen molar-refractivity contribution in [3.05, 3.63) is 23.8 Å². The number of carboxylic acids is 1. The van der Waals surface area contributed by atoms with E-state index in [1.807, 2.05) is 0 Å². The summed E-state index contributed by atoms with van der Waals surface area (Å²) in [5.41, 5.74) is 5.96. The Morgan fingerprint density at radius 3 is 2.80 bits per heavy atom. The number of methoxy groups -OCH3 is 1. The lowest BCUT2D eigenvalue weighted by atomic mass is 10.1. The standard InChI is InChI=1S/C10H13NO4/c1-15-9-6(3-2-4-8(9)12)5-7(11)10(13)14/h2-4,7,12H,5,11H2,1H3,(H,13,14). The predicted molar refractivity (Wildman–Crippen MR) is 54.0 cm³/mol. The highest BCUT2D eigenvalue weighted by molar-refractivity contribution is 5.73. The van der Waals surface area contributed by atoms with Crippen molar-refractivity contribution in [2.75, 3.05) is 7.11 Å². The summed E-state index contributed by atoms with van der Waals surface area (Å²) >= 11 is 0. The van der Waals surface area contributed by atoms with Gasteiger partial charge in [0.15, 0.2) is 11.5 Å². The Morgan fingerprint density at radius 1 is 1.60 bits per heavy atom. The number of aromatic hydroxyl groups is 1. The van der Waals surface area contributed by atoms with Crippen LogP contribution in [0.15, 0.2) is 18.2 Å². The molecule has 0 aliphatic rings. The molecule has 1 atom stereocenters. The molecule has 0 amide bonds. The lowest BCUT2D eigenvalue weighted by molar-refractivity contribution is -0.138. The molecule has 1 aromatic rings. The van der Waals surface area contributed by atoms with Gasteiger partial charge in [0.05, 0.1) is 7.11 Å². The second-order valence-electron chi connectivity index (χ2n) is 3.12. The van der Waals surface area contributed by atoms with Gasteiger partial charge in [-0.3, -0.25) is 4.79 Å². The molecule has 0 spiro atoms. The zero-order valence-corrected chi connectivity index (χ0v) is 8.30. The van der Waals surface area contributed by atoms with Gasteiger partial charge in [-0.2, -0.15) is 0 Å². The van der Waals surface area contributed by atoms with Gasteiger partial charge in [-0.05, 0) is 6.07 Å². The van der Waals surface area contributed by atoms with Crippen LogP contribution in [0.1, 0.15) is 5.56 Å². The zero-order valence-electron chi connectivity index (χ0n) is 8.30. The molecule has 0 saturated heterocycles. The van der Waals surface area contributed by atoms with Gasteiger partial charge in [-0.25, -0.2) is 0 Å². The smallest absolute Gasteiger partial charge is 0.320 e. The number of aliphatic carboxylic acids is 1. The van der Waals surface area contributed by atoms with Crippen molar-refractivity contribution in [2.45, 2.75) is 12.5 Å². The Morgan fingerprint density at radius 2 is 2.27 bits per heavy atom. The number of benzene rings is 1. The molecule has 0 aliphatic carbocycles. The molecule has 0 saturated carbocycles. The molecule has 5 nitrogen and oxygen atoms in total. The van der Waals surface area contributed by atoms with Gasteiger partial charge < -0.3 is 20.7 Å². The van der Waals surface area contributed by atoms with E-state index in [2.05, 4.69) is 0 Å². The SMILES string of the molecule is COc1c(O)cccc1CC(N)C(=O)O. The summed E-state index contributed by atoms with van der Waals surface area (Å²) in [6.45, 7) is 0. The summed E-state index contributed by atoms with van der Waals surface area (Å²) in [6, 6.07) is 3.75. The van der Waals surface area contributed by atoms with E-state index >= 15 is 0 Å². The quantitative estimate of drug-likeness (QED) is 0.668. The van der Waals surface area contributed by atoms with Gasteiger partial charge in [-0.1, -0.05) is 12.1 Å². The highest BCUT2D eigenvalue weighted by Gasteiger charge is 2.16. The first kappa shape index (κ1) is 11.3. The lowest BCUT2D eigenvalue weighted by Gasteiger charge is -2.11. The van der Waals surface area contributed by atoms with Crippen LogP contribution in [-0.2, 0) is 11.2 Å². The van der Waals surface area contributed by atoms with Gasteiger partial charge in [0.2, 0.25) is 0 Å². The van der Waals surface area contributed by atoms with Crippen LogP contribution >= 0.6 is 0 Å². The van der Waals surface area contributed by atoms with Crippen molar-refractivity contribution in [2.24, 2.45) is 5.73 Å².